The van der Waals surface area contributed by atoms with E-state index in [1.54, 1.807) is 0 Å². The molecular formula is C50H64MgN4O5-2. The van der Waals surface area contributed by atoms with Gasteiger partial charge in [-0.1, -0.05) is 125 Å². The Balaban J connectivity index is 0.00000683. The van der Waals surface area contributed by atoms with E-state index >= 15 is 0 Å². The third-order valence-electron chi connectivity index (χ3n) is 13.0. The van der Waals surface area contributed by atoms with Gasteiger partial charge in [-0.05, 0) is 94.3 Å². The normalized spacial score (nSPS) is 23.1. The number of rotatable bonds is 16. The zero-order chi connectivity index (χ0) is 42.7. The molecule has 60 heavy (non-hydrogen) atoms. The van der Waals surface area contributed by atoms with E-state index in [-0.39, 0.29) is 53.9 Å². The number of aliphatic hydroxyl groups is 1. The number of ether oxygens (including phenoxy) is 2. The monoisotopic (exact) mass is 824 g/mol. The maximum atomic E-state index is 13.6. The van der Waals surface area contributed by atoms with Crippen LogP contribution < -0.4 is 25.7 Å². The minimum absolute atomic E-state index is 0. The van der Waals surface area contributed by atoms with Crippen LogP contribution in [0, 0.1) is 50.4 Å². The average molecular weight is 825 g/mol. The second kappa shape index (κ2) is 20.3. The molecule has 3 aromatic heterocycles. The minimum atomic E-state index is -1.18. The first-order valence-electron chi connectivity index (χ1n) is 21.8. The van der Waals surface area contributed by atoms with Crippen molar-refractivity contribution in [1.29, 1.82) is 0 Å². The van der Waals surface area contributed by atoms with Crippen molar-refractivity contribution in [2.45, 2.75) is 126 Å². The molecule has 1 N–H and O–H groups in total. The third-order valence-corrected chi connectivity index (χ3v) is 13.0. The van der Waals surface area contributed by atoms with Gasteiger partial charge in [0.2, 0.25) is 0 Å². The van der Waals surface area contributed by atoms with Gasteiger partial charge >= 0.3 is 35.0 Å². The molecule has 0 spiro atoms. The summed E-state index contributed by atoms with van der Waals surface area (Å²) in [7, 11) is 1.33. The zero-order valence-electron chi connectivity index (χ0n) is 37.7. The van der Waals surface area contributed by atoms with Gasteiger partial charge < -0.3 is 34.8 Å². The minimum Gasteiger partial charge on any atom is -0.664 e. The standard InChI is InChI=1S/C50H64N4O5.Mg/c1-12-34-30(7)37-24-39-32(9)36(20-21-43(55)59-23-22-29(6)19-15-18-28(5)17-14-16-27(3)4)47(53-39)45-46(50(57)58-11)49(56)44-33(10)40(54-48(44)45)26-42-35(13-2)31(8)38(52-42)25-41(34)51-37;/h12,22,24-28,32,36,46,49,56H,1,13-21,23H2,2-11H3;/q-4;+2/b29-22+,38-25-,39-24-,42-26-,47-45-;/t28-,32+,36+,46-,49?;/m1./s1. The van der Waals surface area contributed by atoms with E-state index in [9.17, 15) is 14.7 Å². The van der Waals surface area contributed by atoms with Gasteiger partial charge in [-0.2, -0.15) is 11.4 Å². The second-order valence-corrected chi connectivity index (χ2v) is 17.6. The Labute approximate surface area is 373 Å². The molecule has 10 heteroatoms. The summed E-state index contributed by atoms with van der Waals surface area (Å²) in [5.41, 5.74) is 11.4. The summed E-state index contributed by atoms with van der Waals surface area (Å²) in [6.07, 6.45) is 17.3. The van der Waals surface area contributed by atoms with Gasteiger partial charge in [0.1, 0.15) is 12.5 Å². The Kier molecular flexibility index (Phi) is 15.9. The maximum Gasteiger partial charge on any atom is 2.00 e. The summed E-state index contributed by atoms with van der Waals surface area (Å²) >= 11 is 0. The summed E-state index contributed by atoms with van der Waals surface area (Å²) < 4.78 is 11.1. The number of aromatic nitrogens is 3. The number of methoxy groups -OCH3 is 1. The number of hydrogen-bond donors (Lipinski definition) is 1. The molecule has 1 fully saturated rings. The number of nitrogens with zero attached hydrogens (tertiary/aromatic N) is 4. The Hall–Kier alpha value is -3.99. The predicted molar refractivity (Wildman–Crippen MR) is 242 cm³/mol. The van der Waals surface area contributed by atoms with Gasteiger partial charge in [-0.25, -0.2) is 0 Å². The molecule has 9 nitrogen and oxygen atoms in total. The van der Waals surface area contributed by atoms with E-state index in [2.05, 4.69) is 55.0 Å². The Morgan fingerprint density at radius 1 is 0.917 bits per heavy atom. The Morgan fingerprint density at radius 2 is 1.62 bits per heavy atom. The summed E-state index contributed by atoms with van der Waals surface area (Å²) in [6.45, 7) is 23.6. The van der Waals surface area contributed by atoms with Gasteiger partial charge in [-0.3, -0.25) is 9.59 Å². The van der Waals surface area contributed by atoms with Crippen molar-refractivity contribution >= 4 is 64.9 Å². The van der Waals surface area contributed by atoms with E-state index in [1.165, 1.54) is 38.4 Å². The number of carbonyl (C=O) groups excluding carboxylic acids is 2. The van der Waals surface area contributed by atoms with Crippen molar-refractivity contribution in [2.24, 2.45) is 29.6 Å². The number of carbonyl (C=O) groups is 2. The van der Waals surface area contributed by atoms with Crippen LogP contribution in [0.3, 0.4) is 0 Å². The summed E-state index contributed by atoms with van der Waals surface area (Å²) in [6, 6.07) is 0. The van der Waals surface area contributed by atoms with Crippen LogP contribution in [-0.2, 0) is 25.5 Å². The van der Waals surface area contributed by atoms with E-state index in [1.807, 2.05) is 44.2 Å². The van der Waals surface area contributed by atoms with Gasteiger partial charge in [0.05, 0.1) is 13.2 Å². The van der Waals surface area contributed by atoms with E-state index in [0.29, 0.717) is 34.6 Å². The Bertz CT molecular complexity index is 2300. The van der Waals surface area contributed by atoms with Gasteiger partial charge in [-0.15, -0.1) is 33.5 Å². The molecular weight excluding hydrogens is 761 g/mol. The zero-order valence-corrected chi connectivity index (χ0v) is 39.1. The van der Waals surface area contributed by atoms with Crippen molar-refractivity contribution in [2.75, 3.05) is 13.7 Å². The molecule has 1 saturated heterocycles. The fraction of sp³-hybridized carbons (Fsp3) is 0.520. The largest absolute Gasteiger partial charge is 2.00 e. The Morgan fingerprint density at radius 3 is 2.30 bits per heavy atom. The van der Waals surface area contributed by atoms with Gasteiger partial charge in [0.15, 0.2) is 0 Å². The van der Waals surface area contributed by atoms with Crippen molar-refractivity contribution < 1.29 is 24.2 Å². The van der Waals surface area contributed by atoms with Gasteiger partial charge in [0, 0.05) is 6.42 Å². The van der Waals surface area contributed by atoms with E-state index in [0.717, 1.165) is 86.7 Å². The van der Waals surface area contributed by atoms with Crippen LogP contribution in [0.15, 0.2) is 29.6 Å². The number of hydrogen-bond acceptors (Lipinski definition) is 5. The van der Waals surface area contributed by atoms with E-state index < -0.39 is 18.0 Å². The molecule has 3 aliphatic rings. The SMILES string of the molecule is C=Cc1c2[n-]c(c1C)/C=C1\[N-]/C(=C3\c4[n-]c(c(C)c4C(O)[C@@H]3C(=O)OC)/C=c3\[n-]/c(c(C)c3CC)=C\2)[C@@H](CCC(=O)OC/C=C(\C)CCC[C@H](C)CCCC(C)C)[C@@H]1C.[Mg+2]. The van der Waals surface area contributed by atoms with Crippen LogP contribution >= 0.6 is 0 Å². The first-order valence-corrected chi connectivity index (χ1v) is 21.8. The fourth-order valence-corrected chi connectivity index (χ4v) is 9.31. The van der Waals surface area contributed by atoms with Crippen LogP contribution in [0.5, 0.6) is 0 Å². The van der Waals surface area contributed by atoms with Crippen molar-refractivity contribution in [3.05, 3.63) is 102 Å². The van der Waals surface area contributed by atoms with Crippen LogP contribution in [-0.4, -0.2) is 53.8 Å². The first-order chi connectivity index (χ1) is 28.2. The summed E-state index contributed by atoms with van der Waals surface area (Å²) in [4.78, 5) is 42.2. The second-order valence-electron chi connectivity index (χ2n) is 17.6. The first kappa shape index (κ1) is 47.1. The fourth-order valence-electron chi connectivity index (χ4n) is 9.31. The molecule has 1 unspecified atom stereocenters. The molecule has 5 atom stereocenters. The molecule has 0 amide bonds. The van der Waals surface area contributed by atoms with Crippen molar-refractivity contribution in [3.63, 3.8) is 0 Å². The smallest absolute Gasteiger partial charge is 0.664 e. The van der Waals surface area contributed by atoms with Crippen LogP contribution in [0.2, 0.25) is 0 Å². The molecule has 0 radical (unpaired) electrons. The molecule has 318 valence electrons. The molecule has 2 aliphatic heterocycles. The molecule has 0 aromatic carbocycles. The summed E-state index contributed by atoms with van der Waals surface area (Å²) in [5.74, 6) is -0.816. The van der Waals surface area contributed by atoms with Gasteiger partial charge in [0.25, 0.3) is 0 Å². The molecule has 1 aliphatic carbocycles. The third kappa shape index (κ3) is 9.71. The number of aliphatic hydroxyl groups excluding tert-OH is 1. The summed E-state index contributed by atoms with van der Waals surface area (Å²) in [5, 5.41) is 18.8. The average Bonchev–Trinajstić information content (AvgIpc) is 3.94. The molecule has 0 saturated carbocycles. The van der Waals surface area contributed by atoms with Crippen LogP contribution in [0.1, 0.15) is 155 Å². The van der Waals surface area contributed by atoms with Crippen molar-refractivity contribution in [1.82, 2.24) is 15.0 Å². The topological polar surface area (TPSA) is 129 Å². The molecule has 5 heterocycles. The van der Waals surface area contributed by atoms with Crippen molar-refractivity contribution in [3.8, 4) is 0 Å². The van der Waals surface area contributed by atoms with Crippen LogP contribution in [0.4, 0.5) is 0 Å². The molecule has 3 aromatic rings. The number of allylic oxidation sites excluding steroid dienone is 3. The molecule has 6 rings (SSSR count). The maximum absolute atomic E-state index is 13.6. The number of esters is 2. The molecule has 8 bridgehead atoms. The van der Waals surface area contributed by atoms with E-state index in [4.69, 9.17) is 29.7 Å². The van der Waals surface area contributed by atoms with Crippen LogP contribution in [0.25, 0.3) is 35.2 Å². The predicted octanol–water partition coefficient (Wildman–Crippen LogP) is 8.41. The number of fused-ring (bicyclic) bond motifs is 7. The quantitative estimate of drug-likeness (QED) is 0.0867.